The summed E-state index contributed by atoms with van der Waals surface area (Å²) in [6.07, 6.45) is 19.3. The molecule has 186 valence electrons. The van der Waals surface area contributed by atoms with Gasteiger partial charge < -0.3 is 20.6 Å². The summed E-state index contributed by atoms with van der Waals surface area (Å²) < 4.78 is 0. The molecule has 0 fully saturated rings. The van der Waals surface area contributed by atoms with Crippen LogP contribution in [0.15, 0.2) is 0 Å². The van der Waals surface area contributed by atoms with Gasteiger partial charge in [0.1, 0.15) is 6.10 Å². The zero-order valence-corrected chi connectivity index (χ0v) is 20.6. The van der Waals surface area contributed by atoms with E-state index in [0.717, 1.165) is 38.5 Å². The van der Waals surface area contributed by atoms with Crippen molar-refractivity contribution in [2.45, 2.75) is 154 Å². The van der Waals surface area contributed by atoms with Crippen molar-refractivity contribution >= 4 is 5.91 Å². The smallest absolute Gasteiger partial charge is 0.220 e. The second-order valence-corrected chi connectivity index (χ2v) is 9.26. The normalized spacial score (nSPS) is 14.4. The van der Waals surface area contributed by atoms with Crippen molar-refractivity contribution in [3.05, 3.63) is 0 Å². The number of nitrogens with one attached hydrogen (secondary N) is 1. The maximum absolute atomic E-state index is 12.0. The van der Waals surface area contributed by atoms with Crippen LogP contribution in [0, 0.1) is 0 Å². The number of carbonyl (C=O) groups excluding carboxylic acids is 1. The zero-order chi connectivity index (χ0) is 23.2. The van der Waals surface area contributed by atoms with Crippen molar-refractivity contribution in [2.24, 2.45) is 0 Å². The number of carbonyl (C=O) groups is 1. The summed E-state index contributed by atoms with van der Waals surface area (Å²) in [5.74, 6) is -0.160. The largest absolute Gasteiger partial charge is 0.394 e. The number of aliphatic hydroxyl groups excluding tert-OH is 3. The molecule has 0 aliphatic rings. The molecule has 0 saturated heterocycles. The van der Waals surface area contributed by atoms with Crippen LogP contribution in [0.5, 0.6) is 0 Å². The lowest BCUT2D eigenvalue weighted by molar-refractivity contribution is -0.124. The molecule has 0 radical (unpaired) electrons. The van der Waals surface area contributed by atoms with Crippen LogP contribution in [0.2, 0.25) is 0 Å². The highest BCUT2D eigenvalue weighted by atomic mass is 16.3. The number of hydrogen-bond acceptors (Lipinski definition) is 4. The second kappa shape index (κ2) is 22.5. The van der Waals surface area contributed by atoms with Crippen LogP contribution in [0.1, 0.15) is 136 Å². The number of hydrogen-bond donors (Lipinski definition) is 4. The fourth-order valence-electron chi connectivity index (χ4n) is 4.04. The lowest BCUT2D eigenvalue weighted by Gasteiger charge is -2.26. The van der Waals surface area contributed by atoms with E-state index in [-0.39, 0.29) is 12.5 Å². The molecule has 5 heteroatoms. The van der Waals surface area contributed by atoms with Crippen LogP contribution in [-0.2, 0) is 4.79 Å². The number of amides is 1. The second-order valence-electron chi connectivity index (χ2n) is 9.26. The van der Waals surface area contributed by atoms with Crippen LogP contribution >= 0.6 is 0 Å². The fraction of sp³-hybridized carbons (Fsp3) is 0.962. The Kier molecular flexibility index (Phi) is 22.1. The third-order valence-corrected chi connectivity index (χ3v) is 6.21. The molecule has 0 aromatic heterocycles. The van der Waals surface area contributed by atoms with E-state index in [2.05, 4.69) is 19.2 Å². The molecule has 0 bridgehead atoms. The Bertz CT molecular complexity index is 392. The van der Waals surface area contributed by atoms with Gasteiger partial charge in [0.2, 0.25) is 5.91 Å². The van der Waals surface area contributed by atoms with Crippen LogP contribution in [-0.4, -0.2) is 46.1 Å². The highest BCUT2D eigenvalue weighted by Gasteiger charge is 2.26. The molecule has 0 heterocycles. The molecule has 5 nitrogen and oxygen atoms in total. The Balaban J connectivity index is 3.76. The molecule has 0 rings (SSSR count). The predicted octanol–water partition coefficient (Wildman–Crippen LogP) is 5.64. The van der Waals surface area contributed by atoms with Crippen molar-refractivity contribution in [1.82, 2.24) is 5.32 Å². The minimum Gasteiger partial charge on any atom is -0.394 e. The van der Waals surface area contributed by atoms with E-state index in [0.29, 0.717) is 12.8 Å². The number of aliphatic hydroxyl groups is 3. The first kappa shape index (κ1) is 30.4. The van der Waals surface area contributed by atoms with E-state index >= 15 is 0 Å². The van der Waals surface area contributed by atoms with E-state index in [4.69, 9.17) is 0 Å². The van der Waals surface area contributed by atoms with Crippen molar-refractivity contribution < 1.29 is 20.1 Å². The molecule has 0 aromatic rings. The molecule has 3 atom stereocenters. The summed E-state index contributed by atoms with van der Waals surface area (Å²) in [7, 11) is 0. The van der Waals surface area contributed by atoms with E-state index in [1.54, 1.807) is 0 Å². The standard InChI is InChI=1S/C26H53NO4/c1-3-5-7-9-10-11-12-13-14-15-17-18-20-24(29)26(31)23(22-28)27-25(30)21-19-16-8-6-4-2/h23-24,26,28-29,31H,3-22H2,1-2H3,(H,27,30)/t23-,24-,26+/m1/s1. The SMILES string of the molecule is CCCCCCCCCCCCCC[C@@H](O)[C@@H](O)[C@@H](CO)NC(=O)CCCCCCC. The van der Waals surface area contributed by atoms with Gasteiger partial charge in [-0.3, -0.25) is 4.79 Å². The lowest BCUT2D eigenvalue weighted by atomic mass is 9.99. The summed E-state index contributed by atoms with van der Waals surface area (Å²) in [5, 5.41) is 32.8. The van der Waals surface area contributed by atoms with Gasteiger partial charge in [0.15, 0.2) is 0 Å². The van der Waals surface area contributed by atoms with Gasteiger partial charge in [0, 0.05) is 6.42 Å². The van der Waals surface area contributed by atoms with Crippen molar-refractivity contribution in [3.63, 3.8) is 0 Å². The minimum absolute atomic E-state index is 0.160. The maximum Gasteiger partial charge on any atom is 0.220 e. The molecule has 1 amide bonds. The third-order valence-electron chi connectivity index (χ3n) is 6.21. The molecular formula is C26H53NO4. The minimum atomic E-state index is -1.12. The summed E-state index contributed by atoms with van der Waals surface area (Å²) in [6, 6.07) is -0.796. The molecule has 0 saturated carbocycles. The Hall–Kier alpha value is -0.650. The van der Waals surface area contributed by atoms with Crippen LogP contribution in [0.4, 0.5) is 0 Å². The van der Waals surface area contributed by atoms with Crippen LogP contribution in [0.3, 0.4) is 0 Å². The Morgan fingerprint density at radius 1 is 0.677 bits per heavy atom. The average Bonchev–Trinajstić information content (AvgIpc) is 2.77. The molecule has 31 heavy (non-hydrogen) atoms. The van der Waals surface area contributed by atoms with Crippen LogP contribution < -0.4 is 5.32 Å². The zero-order valence-electron chi connectivity index (χ0n) is 20.6. The molecule has 0 aromatic carbocycles. The summed E-state index contributed by atoms with van der Waals surface area (Å²) in [6.45, 7) is 4.04. The van der Waals surface area contributed by atoms with E-state index < -0.39 is 18.2 Å². The summed E-state index contributed by atoms with van der Waals surface area (Å²) >= 11 is 0. The first-order valence-corrected chi connectivity index (χ1v) is 13.3. The maximum atomic E-state index is 12.0. The van der Waals surface area contributed by atoms with Crippen LogP contribution in [0.25, 0.3) is 0 Å². The van der Waals surface area contributed by atoms with Gasteiger partial charge in [-0.2, -0.15) is 0 Å². The van der Waals surface area contributed by atoms with Crippen molar-refractivity contribution in [2.75, 3.05) is 6.61 Å². The first-order valence-electron chi connectivity index (χ1n) is 13.3. The van der Waals surface area contributed by atoms with Gasteiger partial charge in [-0.15, -0.1) is 0 Å². The van der Waals surface area contributed by atoms with Gasteiger partial charge in [-0.1, -0.05) is 117 Å². The molecule has 0 unspecified atom stereocenters. The van der Waals surface area contributed by atoms with E-state index in [9.17, 15) is 20.1 Å². The summed E-state index contributed by atoms with van der Waals surface area (Å²) in [5.41, 5.74) is 0. The topological polar surface area (TPSA) is 89.8 Å². The fourth-order valence-corrected chi connectivity index (χ4v) is 4.04. The predicted molar refractivity (Wildman–Crippen MR) is 130 cm³/mol. The monoisotopic (exact) mass is 443 g/mol. The molecule has 0 aliphatic heterocycles. The Morgan fingerprint density at radius 3 is 1.55 bits per heavy atom. The Morgan fingerprint density at radius 2 is 1.10 bits per heavy atom. The molecule has 0 aliphatic carbocycles. The highest BCUT2D eigenvalue weighted by molar-refractivity contribution is 5.76. The van der Waals surface area contributed by atoms with Gasteiger partial charge in [0.25, 0.3) is 0 Å². The van der Waals surface area contributed by atoms with Gasteiger partial charge in [-0.25, -0.2) is 0 Å². The molecule has 4 N–H and O–H groups in total. The summed E-state index contributed by atoms with van der Waals surface area (Å²) in [4.78, 5) is 12.0. The van der Waals surface area contributed by atoms with Crippen molar-refractivity contribution in [1.29, 1.82) is 0 Å². The van der Waals surface area contributed by atoms with E-state index in [1.807, 2.05) is 0 Å². The van der Waals surface area contributed by atoms with E-state index in [1.165, 1.54) is 70.6 Å². The number of unbranched alkanes of at least 4 members (excludes halogenated alkanes) is 15. The lowest BCUT2D eigenvalue weighted by Crippen LogP contribution is -2.50. The number of rotatable bonds is 23. The highest BCUT2D eigenvalue weighted by Crippen LogP contribution is 2.15. The molecular weight excluding hydrogens is 390 g/mol. The quantitative estimate of drug-likeness (QED) is 0.154. The third kappa shape index (κ3) is 18.6. The van der Waals surface area contributed by atoms with Gasteiger partial charge >= 0.3 is 0 Å². The Labute approximate surface area is 192 Å². The van der Waals surface area contributed by atoms with Crippen molar-refractivity contribution in [3.8, 4) is 0 Å². The first-order chi connectivity index (χ1) is 15.1. The average molecular weight is 444 g/mol. The van der Waals surface area contributed by atoms with Gasteiger partial charge in [-0.05, 0) is 12.8 Å². The van der Waals surface area contributed by atoms with Gasteiger partial charge in [0.05, 0.1) is 18.8 Å². The molecule has 0 spiro atoms.